The van der Waals surface area contributed by atoms with Crippen LogP contribution in [0.1, 0.15) is 25.5 Å². The second kappa shape index (κ2) is 9.98. The van der Waals surface area contributed by atoms with E-state index >= 15 is 0 Å². The van der Waals surface area contributed by atoms with Crippen molar-refractivity contribution in [2.75, 3.05) is 38.9 Å². The number of nitrogens with one attached hydrogen (secondary N) is 3. The van der Waals surface area contributed by atoms with Gasteiger partial charge < -0.3 is 29.7 Å². The first-order chi connectivity index (χ1) is 14.5. The molecule has 0 saturated carbocycles. The van der Waals surface area contributed by atoms with Crippen molar-refractivity contribution in [3.05, 3.63) is 48.0 Å². The maximum absolute atomic E-state index is 12.5. The number of carbonyl (C=O) groups is 2. The van der Waals surface area contributed by atoms with Gasteiger partial charge in [-0.2, -0.15) is 0 Å². The van der Waals surface area contributed by atoms with Gasteiger partial charge in [0.25, 0.3) is 11.8 Å². The second-order valence-corrected chi connectivity index (χ2v) is 7.14. The summed E-state index contributed by atoms with van der Waals surface area (Å²) in [6.07, 6.45) is 0. The molecule has 2 atom stereocenters. The van der Waals surface area contributed by atoms with Crippen LogP contribution >= 0.6 is 0 Å². The summed E-state index contributed by atoms with van der Waals surface area (Å²) >= 11 is 0. The Kier molecular flexibility index (Phi) is 7.13. The number of rotatable bonds is 9. The molecule has 8 heteroatoms. The molecule has 1 aliphatic heterocycles. The first-order valence-corrected chi connectivity index (χ1v) is 9.95. The van der Waals surface area contributed by atoms with Gasteiger partial charge in [0, 0.05) is 11.8 Å². The van der Waals surface area contributed by atoms with E-state index in [0.29, 0.717) is 29.5 Å². The van der Waals surface area contributed by atoms with Crippen molar-refractivity contribution in [3.8, 4) is 17.2 Å². The van der Waals surface area contributed by atoms with Crippen molar-refractivity contribution in [1.82, 2.24) is 5.32 Å². The number of hydrogen-bond donors (Lipinski definition) is 3. The largest absolute Gasteiger partial charge is 0.497 e. The molecule has 160 valence electrons. The fourth-order valence-corrected chi connectivity index (χ4v) is 3.23. The van der Waals surface area contributed by atoms with Crippen LogP contribution in [0.15, 0.2) is 42.5 Å². The van der Waals surface area contributed by atoms with Crippen molar-refractivity contribution in [2.24, 2.45) is 0 Å². The van der Waals surface area contributed by atoms with E-state index in [1.165, 1.54) is 0 Å². The molecule has 3 rings (SSSR count). The molecule has 1 heterocycles. The average Bonchev–Trinajstić information content (AvgIpc) is 3.21. The SMILES string of the molecule is CC[NH+](CC(=O)Nc1cccc(OC)c1)CC(=O)N[C@H](C)c1ccc2c(c1)OCO2. The number of amides is 2. The van der Waals surface area contributed by atoms with Gasteiger partial charge in [0.2, 0.25) is 6.79 Å². The summed E-state index contributed by atoms with van der Waals surface area (Å²) in [5.74, 6) is 1.79. The van der Waals surface area contributed by atoms with Crippen LogP contribution in [0.4, 0.5) is 5.69 Å². The minimum Gasteiger partial charge on any atom is -0.497 e. The molecule has 2 amide bonds. The highest BCUT2D eigenvalue weighted by Gasteiger charge is 2.20. The van der Waals surface area contributed by atoms with Gasteiger partial charge in [-0.15, -0.1) is 0 Å². The standard InChI is InChI=1S/C22H27N3O5/c1-4-25(13-22(27)24-17-6-5-7-18(11-17)28-3)12-21(26)23-15(2)16-8-9-19-20(10-16)30-14-29-19/h5-11,15H,4,12-14H2,1-3H3,(H,23,26)(H,24,27)/p+1/t15-/m1/s1. The fourth-order valence-electron chi connectivity index (χ4n) is 3.23. The van der Waals surface area contributed by atoms with E-state index in [0.717, 1.165) is 10.5 Å². The summed E-state index contributed by atoms with van der Waals surface area (Å²) in [4.78, 5) is 25.8. The lowest BCUT2D eigenvalue weighted by molar-refractivity contribution is -0.881. The fraction of sp³-hybridized carbons (Fsp3) is 0.364. The summed E-state index contributed by atoms with van der Waals surface area (Å²) < 4.78 is 15.9. The van der Waals surface area contributed by atoms with E-state index in [1.807, 2.05) is 44.2 Å². The molecule has 1 unspecified atom stereocenters. The summed E-state index contributed by atoms with van der Waals surface area (Å²) in [6.45, 7) is 5.12. The van der Waals surface area contributed by atoms with Gasteiger partial charge in [0.1, 0.15) is 5.75 Å². The van der Waals surface area contributed by atoms with E-state index < -0.39 is 0 Å². The van der Waals surface area contributed by atoms with Gasteiger partial charge in [-0.05, 0) is 43.7 Å². The summed E-state index contributed by atoms with van der Waals surface area (Å²) in [5, 5.41) is 5.83. The highest BCUT2D eigenvalue weighted by atomic mass is 16.7. The molecular weight excluding hydrogens is 386 g/mol. The first-order valence-electron chi connectivity index (χ1n) is 9.95. The lowest BCUT2D eigenvalue weighted by atomic mass is 10.1. The normalized spacial score (nSPS) is 14.0. The summed E-state index contributed by atoms with van der Waals surface area (Å²) in [7, 11) is 1.58. The zero-order valence-corrected chi connectivity index (χ0v) is 17.5. The van der Waals surface area contributed by atoms with Gasteiger partial charge in [-0.25, -0.2) is 0 Å². The lowest BCUT2D eigenvalue weighted by Gasteiger charge is -2.19. The molecule has 0 spiro atoms. The molecule has 8 nitrogen and oxygen atoms in total. The summed E-state index contributed by atoms with van der Waals surface area (Å²) in [5.41, 5.74) is 1.59. The lowest BCUT2D eigenvalue weighted by Crippen LogP contribution is -3.14. The maximum atomic E-state index is 12.5. The van der Waals surface area contributed by atoms with Crippen LogP contribution in [0.5, 0.6) is 17.2 Å². The minimum absolute atomic E-state index is 0.119. The Hall–Kier alpha value is -3.26. The number of quaternary nitrogens is 1. The number of carbonyl (C=O) groups excluding carboxylic acids is 2. The highest BCUT2D eigenvalue weighted by Crippen LogP contribution is 2.34. The number of fused-ring (bicyclic) bond motifs is 1. The topological polar surface area (TPSA) is 90.3 Å². The molecule has 30 heavy (non-hydrogen) atoms. The Morgan fingerprint density at radius 3 is 2.63 bits per heavy atom. The van der Waals surface area contributed by atoms with Gasteiger partial charge in [0.05, 0.1) is 19.7 Å². The number of likely N-dealkylation sites (N-methyl/N-ethyl adjacent to an activating group) is 1. The predicted molar refractivity (Wildman–Crippen MR) is 112 cm³/mol. The Balaban J connectivity index is 1.50. The van der Waals surface area contributed by atoms with Crippen molar-refractivity contribution in [2.45, 2.75) is 19.9 Å². The van der Waals surface area contributed by atoms with Crippen molar-refractivity contribution in [3.63, 3.8) is 0 Å². The van der Waals surface area contributed by atoms with E-state index in [9.17, 15) is 9.59 Å². The zero-order valence-electron chi connectivity index (χ0n) is 17.5. The molecule has 0 radical (unpaired) electrons. The van der Waals surface area contributed by atoms with E-state index in [1.54, 1.807) is 19.2 Å². The van der Waals surface area contributed by atoms with Crippen LogP contribution in [0, 0.1) is 0 Å². The molecule has 2 aromatic rings. The Bertz CT molecular complexity index is 902. The molecule has 3 N–H and O–H groups in total. The molecular formula is C22H28N3O5+. The van der Waals surface area contributed by atoms with Gasteiger partial charge in [0.15, 0.2) is 24.6 Å². The molecule has 0 aliphatic carbocycles. The predicted octanol–water partition coefficient (Wildman–Crippen LogP) is 1.14. The van der Waals surface area contributed by atoms with E-state index in [4.69, 9.17) is 14.2 Å². The number of hydrogen-bond acceptors (Lipinski definition) is 5. The molecule has 0 aromatic heterocycles. The molecule has 2 aromatic carbocycles. The average molecular weight is 414 g/mol. The first kappa shape index (κ1) is 21.4. The van der Waals surface area contributed by atoms with E-state index in [-0.39, 0.29) is 37.7 Å². The third kappa shape index (κ3) is 5.64. The van der Waals surface area contributed by atoms with Crippen molar-refractivity contribution >= 4 is 17.5 Å². The molecule has 0 saturated heterocycles. The summed E-state index contributed by atoms with van der Waals surface area (Å²) in [6, 6.07) is 12.6. The van der Waals surface area contributed by atoms with E-state index in [2.05, 4.69) is 10.6 Å². The van der Waals surface area contributed by atoms with Crippen LogP contribution in [-0.2, 0) is 9.59 Å². The highest BCUT2D eigenvalue weighted by molar-refractivity contribution is 5.91. The number of methoxy groups -OCH3 is 1. The molecule has 0 bridgehead atoms. The van der Waals surface area contributed by atoms with Crippen molar-refractivity contribution < 1.29 is 28.7 Å². The quantitative estimate of drug-likeness (QED) is 0.573. The monoisotopic (exact) mass is 414 g/mol. The zero-order chi connectivity index (χ0) is 21.5. The minimum atomic E-state index is -0.185. The maximum Gasteiger partial charge on any atom is 0.279 e. The van der Waals surface area contributed by atoms with Crippen LogP contribution < -0.4 is 29.7 Å². The number of ether oxygens (including phenoxy) is 3. The Labute approximate surface area is 176 Å². The second-order valence-electron chi connectivity index (χ2n) is 7.14. The van der Waals surface area contributed by atoms with Crippen LogP contribution in [-0.4, -0.2) is 45.4 Å². The Morgan fingerprint density at radius 2 is 1.87 bits per heavy atom. The molecule has 0 fully saturated rings. The van der Waals surface area contributed by atoms with Gasteiger partial charge in [-0.1, -0.05) is 12.1 Å². The number of anilines is 1. The van der Waals surface area contributed by atoms with Crippen molar-refractivity contribution in [1.29, 1.82) is 0 Å². The van der Waals surface area contributed by atoms with Gasteiger partial charge >= 0.3 is 0 Å². The smallest absolute Gasteiger partial charge is 0.279 e. The van der Waals surface area contributed by atoms with Crippen LogP contribution in [0.3, 0.4) is 0 Å². The van der Waals surface area contributed by atoms with Crippen LogP contribution in [0.25, 0.3) is 0 Å². The van der Waals surface area contributed by atoms with Gasteiger partial charge in [-0.3, -0.25) is 9.59 Å². The third-order valence-electron chi connectivity index (χ3n) is 4.95. The van der Waals surface area contributed by atoms with Crippen LogP contribution in [0.2, 0.25) is 0 Å². The third-order valence-corrected chi connectivity index (χ3v) is 4.95. The number of benzene rings is 2. The Morgan fingerprint density at radius 1 is 1.10 bits per heavy atom. The molecule has 1 aliphatic rings.